The molecule has 1 aromatic carbocycles. The predicted molar refractivity (Wildman–Crippen MR) is 122 cm³/mol. The third kappa shape index (κ3) is 5.48. The van der Waals surface area contributed by atoms with Crippen molar-refractivity contribution >= 4 is 5.91 Å². The highest BCUT2D eigenvalue weighted by Crippen LogP contribution is 2.31. The topological polar surface area (TPSA) is 61.5 Å². The molecule has 31 heavy (non-hydrogen) atoms. The van der Waals surface area contributed by atoms with Gasteiger partial charge in [-0.2, -0.15) is 5.10 Å². The number of rotatable bonds is 7. The van der Waals surface area contributed by atoms with Crippen molar-refractivity contribution in [1.82, 2.24) is 20.0 Å². The first-order chi connectivity index (χ1) is 15.3. The van der Waals surface area contributed by atoms with E-state index in [2.05, 4.69) is 40.2 Å². The summed E-state index contributed by atoms with van der Waals surface area (Å²) in [6.45, 7) is 7.50. The summed E-state index contributed by atoms with van der Waals surface area (Å²) < 4.78 is 5.96. The van der Waals surface area contributed by atoms with E-state index in [1.54, 1.807) is 6.20 Å². The molecule has 0 radical (unpaired) electrons. The van der Waals surface area contributed by atoms with E-state index in [9.17, 15) is 4.79 Å². The number of hydrogen-bond acceptors (Lipinski definition) is 4. The molecular formula is C25H36N4O2. The van der Waals surface area contributed by atoms with Crippen molar-refractivity contribution in [1.29, 1.82) is 0 Å². The Morgan fingerprint density at radius 2 is 1.94 bits per heavy atom. The van der Waals surface area contributed by atoms with Gasteiger partial charge in [0.15, 0.2) is 0 Å². The molecule has 2 fully saturated rings. The molecule has 0 saturated carbocycles. The third-order valence-electron chi connectivity index (χ3n) is 6.53. The van der Waals surface area contributed by atoms with Crippen LogP contribution in [-0.2, 0) is 6.54 Å². The van der Waals surface area contributed by atoms with Gasteiger partial charge in [0.05, 0.1) is 24.1 Å². The lowest BCUT2D eigenvalue weighted by atomic mass is 9.92. The van der Waals surface area contributed by atoms with Crippen LogP contribution in [0, 0.1) is 0 Å². The summed E-state index contributed by atoms with van der Waals surface area (Å²) in [6.07, 6.45) is 9.63. The number of carbonyl (C=O) groups is 1. The molecule has 1 aromatic heterocycles. The molecule has 6 heteroatoms. The number of hydrogen-bond donors (Lipinski definition) is 1. The Labute approximate surface area is 186 Å². The van der Waals surface area contributed by atoms with Crippen LogP contribution in [0.25, 0.3) is 0 Å². The highest BCUT2D eigenvalue weighted by molar-refractivity contribution is 5.95. The van der Waals surface area contributed by atoms with Crippen molar-refractivity contribution in [3.8, 4) is 5.75 Å². The van der Waals surface area contributed by atoms with Crippen LogP contribution >= 0.6 is 0 Å². The minimum absolute atomic E-state index is 0.154. The lowest BCUT2D eigenvalue weighted by Crippen LogP contribution is -2.36. The normalized spacial score (nSPS) is 20.4. The summed E-state index contributed by atoms with van der Waals surface area (Å²) in [5, 5.41) is 7.47. The number of amides is 1. The number of H-pyrrole nitrogens is 1. The first-order valence-corrected chi connectivity index (χ1v) is 12.0. The number of carbonyl (C=O) groups excluding carboxylic acids is 1. The van der Waals surface area contributed by atoms with E-state index < -0.39 is 0 Å². The van der Waals surface area contributed by atoms with Crippen molar-refractivity contribution in [2.45, 2.75) is 64.3 Å². The molecule has 168 valence electrons. The van der Waals surface area contributed by atoms with E-state index in [0.29, 0.717) is 5.92 Å². The average Bonchev–Trinajstić information content (AvgIpc) is 3.13. The van der Waals surface area contributed by atoms with Gasteiger partial charge < -0.3 is 9.64 Å². The van der Waals surface area contributed by atoms with E-state index in [1.165, 1.54) is 18.4 Å². The minimum Gasteiger partial charge on any atom is -0.493 e. The summed E-state index contributed by atoms with van der Waals surface area (Å²) in [6, 6.07) is 8.36. The van der Waals surface area contributed by atoms with Crippen LogP contribution in [0.4, 0.5) is 0 Å². The maximum Gasteiger partial charge on any atom is 0.257 e. The molecule has 3 heterocycles. The fourth-order valence-corrected chi connectivity index (χ4v) is 4.88. The standard InChI is InChI=1S/C25H36N4O2/c1-2-16-31-23-12-6-5-10-20(23)18-28-13-9-11-21(19-28)24-22(17-26-27-24)25(30)29-14-7-3-4-8-15-29/h5-6,10,12,17,21H,2-4,7-9,11,13-16,18-19H2,1H3,(H,26,27)/t21-/m0/s1. The Kier molecular flexibility index (Phi) is 7.62. The van der Waals surface area contributed by atoms with E-state index >= 15 is 0 Å². The first-order valence-electron chi connectivity index (χ1n) is 12.0. The lowest BCUT2D eigenvalue weighted by molar-refractivity contribution is 0.0759. The second kappa shape index (κ2) is 10.8. The highest BCUT2D eigenvalue weighted by Gasteiger charge is 2.29. The number of ether oxygens (including phenoxy) is 1. The number of nitrogens with one attached hydrogen (secondary N) is 1. The zero-order valence-electron chi connectivity index (χ0n) is 18.8. The molecule has 2 aliphatic rings. The number of aromatic nitrogens is 2. The van der Waals surface area contributed by atoms with Crippen molar-refractivity contribution < 1.29 is 9.53 Å². The fourth-order valence-electron chi connectivity index (χ4n) is 4.88. The largest absolute Gasteiger partial charge is 0.493 e. The Morgan fingerprint density at radius 3 is 2.74 bits per heavy atom. The molecule has 6 nitrogen and oxygen atoms in total. The second-order valence-corrected chi connectivity index (χ2v) is 8.93. The van der Waals surface area contributed by atoms with Gasteiger partial charge in [-0.25, -0.2) is 0 Å². The van der Waals surface area contributed by atoms with Crippen LogP contribution in [0.15, 0.2) is 30.5 Å². The molecule has 2 aliphatic heterocycles. The average molecular weight is 425 g/mol. The number of para-hydroxylation sites is 1. The Balaban J connectivity index is 1.44. The molecule has 0 unspecified atom stereocenters. The van der Waals surface area contributed by atoms with Crippen molar-refractivity contribution in [3.63, 3.8) is 0 Å². The predicted octanol–water partition coefficient (Wildman–Crippen LogP) is 4.59. The van der Waals surface area contributed by atoms with E-state index in [4.69, 9.17) is 4.74 Å². The SMILES string of the molecule is CCCOc1ccccc1CN1CCC[C@H](c2[nH]ncc2C(=O)N2CCCCCC2)C1. The Hall–Kier alpha value is -2.34. The van der Waals surface area contributed by atoms with Gasteiger partial charge >= 0.3 is 0 Å². The van der Waals surface area contributed by atoms with Gasteiger partial charge in [0.25, 0.3) is 5.91 Å². The highest BCUT2D eigenvalue weighted by atomic mass is 16.5. The maximum atomic E-state index is 13.2. The number of piperidine rings is 1. The zero-order valence-corrected chi connectivity index (χ0v) is 18.8. The molecule has 0 aliphatic carbocycles. The van der Waals surface area contributed by atoms with Gasteiger partial charge in [-0.05, 0) is 44.7 Å². The molecule has 2 saturated heterocycles. The molecule has 1 amide bonds. The van der Waals surface area contributed by atoms with E-state index in [1.807, 2.05) is 11.0 Å². The molecule has 2 aromatic rings. The van der Waals surface area contributed by atoms with Crippen molar-refractivity contribution in [3.05, 3.63) is 47.3 Å². The van der Waals surface area contributed by atoms with Crippen molar-refractivity contribution in [2.75, 3.05) is 32.8 Å². The summed E-state index contributed by atoms with van der Waals surface area (Å²) in [5.41, 5.74) is 3.04. The quantitative estimate of drug-likeness (QED) is 0.706. The molecule has 4 rings (SSSR count). The number of aromatic amines is 1. The third-order valence-corrected chi connectivity index (χ3v) is 6.53. The number of benzene rings is 1. The summed E-state index contributed by atoms with van der Waals surface area (Å²) in [5.74, 6) is 1.46. The summed E-state index contributed by atoms with van der Waals surface area (Å²) in [7, 11) is 0. The van der Waals surface area contributed by atoms with Crippen LogP contribution < -0.4 is 4.74 Å². The van der Waals surface area contributed by atoms with Crippen LogP contribution in [0.2, 0.25) is 0 Å². The van der Waals surface area contributed by atoms with Gasteiger partial charge in [-0.15, -0.1) is 0 Å². The summed E-state index contributed by atoms with van der Waals surface area (Å²) >= 11 is 0. The molecule has 0 spiro atoms. The number of nitrogens with zero attached hydrogens (tertiary/aromatic N) is 3. The molecular weight excluding hydrogens is 388 g/mol. The monoisotopic (exact) mass is 424 g/mol. The second-order valence-electron chi connectivity index (χ2n) is 8.93. The van der Waals surface area contributed by atoms with E-state index in [-0.39, 0.29) is 5.91 Å². The molecule has 1 N–H and O–H groups in total. The van der Waals surface area contributed by atoms with Gasteiger partial charge in [0, 0.05) is 37.7 Å². The van der Waals surface area contributed by atoms with Crippen LogP contribution in [0.1, 0.15) is 79.4 Å². The molecule has 1 atom stereocenters. The zero-order chi connectivity index (χ0) is 21.5. The van der Waals surface area contributed by atoms with Crippen molar-refractivity contribution in [2.24, 2.45) is 0 Å². The summed E-state index contributed by atoms with van der Waals surface area (Å²) in [4.78, 5) is 17.8. The van der Waals surface area contributed by atoms with Gasteiger partial charge in [-0.3, -0.25) is 14.8 Å². The van der Waals surface area contributed by atoms with Gasteiger partial charge in [0.1, 0.15) is 5.75 Å². The Morgan fingerprint density at radius 1 is 1.13 bits per heavy atom. The van der Waals surface area contributed by atoms with Gasteiger partial charge in [-0.1, -0.05) is 38.0 Å². The van der Waals surface area contributed by atoms with Crippen LogP contribution in [-0.4, -0.2) is 58.7 Å². The van der Waals surface area contributed by atoms with E-state index in [0.717, 1.165) is 88.4 Å². The van der Waals surface area contributed by atoms with Crippen LogP contribution in [0.3, 0.4) is 0 Å². The number of likely N-dealkylation sites (tertiary alicyclic amines) is 2. The maximum absolute atomic E-state index is 13.2. The Bertz CT molecular complexity index is 842. The lowest BCUT2D eigenvalue weighted by Gasteiger charge is -2.33. The fraction of sp³-hybridized carbons (Fsp3) is 0.600. The minimum atomic E-state index is 0.154. The first kappa shape index (κ1) is 21.9. The van der Waals surface area contributed by atoms with Gasteiger partial charge in [0.2, 0.25) is 0 Å². The smallest absolute Gasteiger partial charge is 0.257 e. The van der Waals surface area contributed by atoms with Crippen LogP contribution in [0.5, 0.6) is 5.75 Å². The molecule has 0 bridgehead atoms.